The van der Waals surface area contributed by atoms with Crippen molar-refractivity contribution >= 4 is 17.7 Å². The number of thioether (sulfide) groups is 1. The standard InChI is InChI=1S/C13H16O3S/c1-3-8-4-5-11(16-2)9(6-8)12-10(7-17-12)13(14)15/h4-6,10,12H,3,7H2,1-2H3,(H,14,15). The van der Waals surface area contributed by atoms with E-state index >= 15 is 0 Å². The summed E-state index contributed by atoms with van der Waals surface area (Å²) in [7, 11) is 1.63. The Hall–Kier alpha value is -1.16. The van der Waals surface area contributed by atoms with Gasteiger partial charge >= 0.3 is 5.97 Å². The normalized spacial score (nSPS) is 22.9. The second-order valence-electron chi connectivity index (χ2n) is 4.13. The molecule has 1 heterocycles. The molecule has 0 aliphatic carbocycles. The van der Waals surface area contributed by atoms with Crippen molar-refractivity contribution in [2.24, 2.45) is 5.92 Å². The number of ether oxygens (including phenoxy) is 1. The molecule has 2 rings (SSSR count). The highest BCUT2D eigenvalue weighted by Gasteiger charge is 2.40. The second-order valence-corrected chi connectivity index (χ2v) is 5.30. The van der Waals surface area contributed by atoms with Crippen LogP contribution in [0.15, 0.2) is 18.2 Å². The van der Waals surface area contributed by atoms with Crippen LogP contribution in [0.3, 0.4) is 0 Å². The molecule has 1 saturated heterocycles. The Morgan fingerprint density at radius 3 is 2.82 bits per heavy atom. The molecule has 1 fully saturated rings. The van der Waals surface area contributed by atoms with Crippen LogP contribution in [0, 0.1) is 5.92 Å². The first-order valence-electron chi connectivity index (χ1n) is 5.68. The minimum Gasteiger partial charge on any atom is -0.496 e. The molecule has 0 aromatic heterocycles. The number of aryl methyl sites for hydroxylation is 1. The van der Waals surface area contributed by atoms with Crippen LogP contribution >= 0.6 is 11.8 Å². The van der Waals surface area contributed by atoms with Crippen molar-refractivity contribution in [3.63, 3.8) is 0 Å². The zero-order valence-corrected chi connectivity index (χ0v) is 10.8. The monoisotopic (exact) mass is 252 g/mol. The van der Waals surface area contributed by atoms with Crippen molar-refractivity contribution in [1.82, 2.24) is 0 Å². The Bertz CT molecular complexity index is 431. The van der Waals surface area contributed by atoms with Crippen LogP contribution in [-0.4, -0.2) is 23.9 Å². The molecule has 0 amide bonds. The minimum absolute atomic E-state index is 0.0361. The van der Waals surface area contributed by atoms with E-state index in [0.29, 0.717) is 5.75 Å². The summed E-state index contributed by atoms with van der Waals surface area (Å²) < 4.78 is 5.32. The molecule has 3 nitrogen and oxygen atoms in total. The van der Waals surface area contributed by atoms with Crippen LogP contribution in [0.25, 0.3) is 0 Å². The van der Waals surface area contributed by atoms with E-state index in [4.69, 9.17) is 9.84 Å². The Balaban J connectivity index is 2.32. The SMILES string of the molecule is CCc1ccc(OC)c(C2SCC2C(=O)O)c1. The fourth-order valence-electron chi connectivity index (χ4n) is 2.02. The Morgan fingerprint density at radius 1 is 1.59 bits per heavy atom. The maximum Gasteiger partial charge on any atom is 0.308 e. The molecule has 0 radical (unpaired) electrons. The highest BCUT2D eigenvalue weighted by atomic mass is 32.2. The molecular weight excluding hydrogens is 236 g/mol. The van der Waals surface area contributed by atoms with Crippen molar-refractivity contribution in [3.05, 3.63) is 29.3 Å². The van der Waals surface area contributed by atoms with E-state index in [-0.39, 0.29) is 11.2 Å². The number of carboxylic acid groups (broad SMARTS) is 1. The molecule has 4 heteroatoms. The van der Waals surface area contributed by atoms with Gasteiger partial charge < -0.3 is 9.84 Å². The summed E-state index contributed by atoms with van der Waals surface area (Å²) in [5, 5.41) is 9.14. The molecule has 2 atom stereocenters. The fraction of sp³-hybridized carbons (Fsp3) is 0.462. The number of aliphatic carboxylic acids is 1. The van der Waals surface area contributed by atoms with E-state index in [0.717, 1.165) is 17.7 Å². The first-order chi connectivity index (χ1) is 8.17. The van der Waals surface area contributed by atoms with Gasteiger partial charge in [0.25, 0.3) is 0 Å². The fourth-order valence-corrected chi connectivity index (χ4v) is 3.22. The van der Waals surface area contributed by atoms with Gasteiger partial charge in [-0.25, -0.2) is 0 Å². The average Bonchev–Trinajstić information content (AvgIpc) is 2.26. The van der Waals surface area contributed by atoms with Crippen molar-refractivity contribution < 1.29 is 14.6 Å². The second kappa shape index (κ2) is 5.00. The summed E-state index contributed by atoms with van der Waals surface area (Å²) in [6, 6.07) is 6.04. The Kier molecular flexibility index (Phi) is 3.62. The molecule has 0 spiro atoms. The molecule has 1 aliphatic rings. The summed E-state index contributed by atoms with van der Waals surface area (Å²) in [5.41, 5.74) is 2.24. The van der Waals surface area contributed by atoms with Gasteiger partial charge in [-0.3, -0.25) is 4.79 Å². The lowest BCUT2D eigenvalue weighted by molar-refractivity contribution is -0.141. The molecule has 0 bridgehead atoms. The lowest BCUT2D eigenvalue weighted by Gasteiger charge is -2.34. The smallest absolute Gasteiger partial charge is 0.308 e. The molecule has 17 heavy (non-hydrogen) atoms. The summed E-state index contributed by atoms with van der Waals surface area (Å²) in [6.07, 6.45) is 0.951. The lowest BCUT2D eigenvalue weighted by atomic mass is 9.96. The number of benzene rings is 1. The van der Waals surface area contributed by atoms with E-state index in [2.05, 4.69) is 13.0 Å². The van der Waals surface area contributed by atoms with Crippen molar-refractivity contribution in [3.8, 4) is 5.75 Å². The molecular formula is C13H16O3S. The van der Waals surface area contributed by atoms with Gasteiger partial charge in [0.15, 0.2) is 0 Å². The summed E-state index contributed by atoms with van der Waals surface area (Å²) in [4.78, 5) is 11.1. The van der Waals surface area contributed by atoms with Gasteiger partial charge in [0, 0.05) is 16.6 Å². The molecule has 92 valence electrons. The van der Waals surface area contributed by atoms with Gasteiger partial charge in [-0.1, -0.05) is 19.1 Å². The van der Waals surface area contributed by atoms with Gasteiger partial charge in [0.1, 0.15) is 5.75 Å². The summed E-state index contributed by atoms with van der Waals surface area (Å²) in [6.45, 7) is 2.09. The number of hydrogen-bond acceptors (Lipinski definition) is 3. The van der Waals surface area contributed by atoms with Crippen molar-refractivity contribution in [2.75, 3.05) is 12.9 Å². The van der Waals surface area contributed by atoms with Crippen LogP contribution in [-0.2, 0) is 11.2 Å². The van der Waals surface area contributed by atoms with E-state index < -0.39 is 5.97 Å². The molecule has 2 unspecified atom stereocenters. The molecule has 1 N–H and O–H groups in total. The minimum atomic E-state index is -0.710. The van der Waals surface area contributed by atoms with E-state index in [1.165, 1.54) is 5.56 Å². The van der Waals surface area contributed by atoms with Crippen molar-refractivity contribution in [1.29, 1.82) is 0 Å². The van der Waals surface area contributed by atoms with Crippen LogP contribution in [0.1, 0.15) is 23.3 Å². The molecule has 1 aromatic carbocycles. The van der Waals surface area contributed by atoms with E-state index in [9.17, 15) is 4.79 Å². The number of carboxylic acids is 1. The number of rotatable bonds is 4. The number of hydrogen-bond donors (Lipinski definition) is 1. The van der Waals surface area contributed by atoms with Gasteiger partial charge in [-0.15, -0.1) is 0 Å². The summed E-state index contributed by atoms with van der Waals surface area (Å²) >= 11 is 1.68. The highest BCUT2D eigenvalue weighted by molar-refractivity contribution is 8.01. The maximum atomic E-state index is 11.1. The third-order valence-electron chi connectivity index (χ3n) is 3.15. The Labute approximate surface area is 105 Å². The summed E-state index contributed by atoms with van der Waals surface area (Å²) in [5.74, 6) is 0.504. The molecule has 1 aromatic rings. The Morgan fingerprint density at radius 2 is 2.35 bits per heavy atom. The predicted molar refractivity (Wildman–Crippen MR) is 68.7 cm³/mol. The zero-order valence-electron chi connectivity index (χ0n) is 9.97. The van der Waals surface area contributed by atoms with Gasteiger partial charge in [-0.05, 0) is 18.1 Å². The molecule has 0 saturated carbocycles. The van der Waals surface area contributed by atoms with E-state index in [1.807, 2.05) is 12.1 Å². The largest absolute Gasteiger partial charge is 0.496 e. The topological polar surface area (TPSA) is 46.5 Å². The van der Waals surface area contributed by atoms with Crippen LogP contribution in [0.2, 0.25) is 0 Å². The predicted octanol–water partition coefficient (Wildman–Crippen LogP) is 2.75. The number of carbonyl (C=O) groups is 1. The van der Waals surface area contributed by atoms with Crippen LogP contribution < -0.4 is 4.74 Å². The quantitative estimate of drug-likeness (QED) is 0.895. The lowest BCUT2D eigenvalue weighted by Crippen LogP contribution is -2.31. The average molecular weight is 252 g/mol. The van der Waals surface area contributed by atoms with Gasteiger partial charge in [0.05, 0.1) is 13.0 Å². The van der Waals surface area contributed by atoms with Gasteiger partial charge in [-0.2, -0.15) is 11.8 Å². The van der Waals surface area contributed by atoms with Crippen LogP contribution in [0.4, 0.5) is 0 Å². The maximum absolute atomic E-state index is 11.1. The van der Waals surface area contributed by atoms with Crippen molar-refractivity contribution in [2.45, 2.75) is 18.6 Å². The molecule has 1 aliphatic heterocycles. The first-order valence-corrected chi connectivity index (χ1v) is 6.73. The zero-order chi connectivity index (χ0) is 12.4. The third-order valence-corrected chi connectivity index (χ3v) is 4.64. The van der Waals surface area contributed by atoms with Gasteiger partial charge in [0.2, 0.25) is 0 Å². The highest BCUT2D eigenvalue weighted by Crippen LogP contribution is 2.50. The number of methoxy groups -OCH3 is 1. The third kappa shape index (κ3) is 2.27. The van der Waals surface area contributed by atoms with Crippen LogP contribution in [0.5, 0.6) is 5.75 Å². The van der Waals surface area contributed by atoms with E-state index in [1.54, 1.807) is 18.9 Å². The first kappa shape index (κ1) is 12.3.